The van der Waals surface area contributed by atoms with Gasteiger partial charge in [-0.25, -0.2) is 0 Å². The van der Waals surface area contributed by atoms with Crippen LogP contribution in [0.4, 0.5) is 5.69 Å². The van der Waals surface area contributed by atoms with E-state index in [1.165, 1.54) is 0 Å². The van der Waals surface area contributed by atoms with Crippen molar-refractivity contribution in [2.24, 2.45) is 5.92 Å². The minimum absolute atomic E-state index is 0.279. The lowest BCUT2D eigenvalue weighted by Gasteiger charge is -2.19. The van der Waals surface area contributed by atoms with Gasteiger partial charge in [0.1, 0.15) is 11.3 Å². The molecule has 30 heavy (non-hydrogen) atoms. The fourth-order valence-corrected chi connectivity index (χ4v) is 3.58. The summed E-state index contributed by atoms with van der Waals surface area (Å²) in [5.41, 5.74) is 4.39. The smallest absolute Gasteiger partial charge is 0.265 e. The molecule has 0 saturated heterocycles. The van der Waals surface area contributed by atoms with E-state index < -0.39 is 0 Å². The third-order valence-corrected chi connectivity index (χ3v) is 5.34. The Labute approximate surface area is 181 Å². The minimum atomic E-state index is -0.279. The molecule has 1 amide bonds. The molecule has 0 saturated carbocycles. The van der Waals surface area contributed by atoms with Crippen LogP contribution in [0.2, 0.25) is 0 Å². The van der Waals surface area contributed by atoms with Crippen molar-refractivity contribution in [1.29, 1.82) is 0 Å². The molecule has 1 heterocycles. The number of amides is 1. The van der Waals surface area contributed by atoms with Crippen molar-refractivity contribution in [3.8, 4) is 5.75 Å². The van der Waals surface area contributed by atoms with Gasteiger partial charge in [0.2, 0.25) is 5.69 Å². The van der Waals surface area contributed by atoms with E-state index in [9.17, 15) is 10.0 Å². The molecule has 1 aromatic heterocycles. The van der Waals surface area contributed by atoms with Crippen LogP contribution in [0.15, 0.2) is 24.3 Å². The number of para-hydroxylation sites is 1. The second kappa shape index (κ2) is 11.0. The summed E-state index contributed by atoms with van der Waals surface area (Å²) >= 11 is 0. The SMILES string of the molecule is CCCc1c(C(=O)Nc2c(CC)cccc2CC)c(OCCC(C)C)cc(C)[n+]1[O-]. The first kappa shape index (κ1) is 23.7. The minimum Gasteiger partial charge on any atom is -0.618 e. The molecule has 2 rings (SSSR count). The van der Waals surface area contributed by atoms with Crippen LogP contribution in [-0.4, -0.2) is 12.5 Å². The summed E-state index contributed by atoms with van der Waals surface area (Å²) in [7, 11) is 0. The van der Waals surface area contributed by atoms with Gasteiger partial charge >= 0.3 is 0 Å². The number of nitrogens with zero attached hydrogens (tertiary/aromatic N) is 1. The van der Waals surface area contributed by atoms with Crippen LogP contribution in [0, 0.1) is 18.0 Å². The molecule has 2 aromatic rings. The van der Waals surface area contributed by atoms with Crippen molar-refractivity contribution < 1.29 is 14.3 Å². The van der Waals surface area contributed by atoms with E-state index in [0.717, 1.165) is 47.2 Å². The first-order valence-electron chi connectivity index (χ1n) is 11.1. The van der Waals surface area contributed by atoms with Gasteiger partial charge < -0.3 is 15.3 Å². The molecule has 1 aromatic carbocycles. The van der Waals surface area contributed by atoms with E-state index in [0.29, 0.717) is 41.6 Å². The van der Waals surface area contributed by atoms with Crippen molar-refractivity contribution in [1.82, 2.24) is 0 Å². The molecule has 0 unspecified atom stereocenters. The van der Waals surface area contributed by atoms with E-state index in [1.54, 1.807) is 13.0 Å². The zero-order valence-corrected chi connectivity index (χ0v) is 19.3. The molecule has 0 fully saturated rings. The van der Waals surface area contributed by atoms with Crippen LogP contribution in [0.25, 0.3) is 0 Å². The van der Waals surface area contributed by atoms with Crippen molar-refractivity contribution in [2.75, 3.05) is 11.9 Å². The Kier molecular flexibility index (Phi) is 8.70. The van der Waals surface area contributed by atoms with Gasteiger partial charge in [-0.05, 0) is 42.7 Å². The number of carbonyl (C=O) groups excluding carboxylic acids is 1. The highest BCUT2D eigenvalue weighted by molar-refractivity contribution is 6.07. The summed E-state index contributed by atoms with van der Waals surface area (Å²) in [4.78, 5) is 13.5. The number of rotatable bonds is 10. The first-order valence-corrected chi connectivity index (χ1v) is 11.1. The normalized spacial score (nSPS) is 11.0. The number of nitrogens with one attached hydrogen (secondary N) is 1. The number of benzene rings is 1. The topological polar surface area (TPSA) is 65.3 Å². The summed E-state index contributed by atoms with van der Waals surface area (Å²) in [5.74, 6) is 0.710. The van der Waals surface area contributed by atoms with Crippen molar-refractivity contribution in [3.05, 3.63) is 57.6 Å². The Morgan fingerprint density at radius 2 is 1.80 bits per heavy atom. The maximum atomic E-state index is 13.5. The van der Waals surface area contributed by atoms with E-state index in [2.05, 4.69) is 33.0 Å². The van der Waals surface area contributed by atoms with Crippen LogP contribution in [0.3, 0.4) is 0 Å². The van der Waals surface area contributed by atoms with Gasteiger partial charge in [-0.2, -0.15) is 4.73 Å². The largest absolute Gasteiger partial charge is 0.618 e. The number of ether oxygens (including phenoxy) is 1. The van der Waals surface area contributed by atoms with Crippen LogP contribution in [-0.2, 0) is 19.3 Å². The van der Waals surface area contributed by atoms with Gasteiger partial charge in [0.15, 0.2) is 5.69 Å². The summed E-state index contributed by atoms with van der Waals surface area (Å²) < 4.78 is 6.90. The van der Waals surface area contributed by atoms with E-state index in [4.69, 9.17) is 4.74 Å². The van der Waals surface area contributed by atoms with Gasteiger partial charge in [0.05, 0.1) is 6.61 Å². The molecule has 5 heteroatoms. The highest BCUT2D eigenvalue weighted by atomic mass is 16.5. The molecule has 0 spiro atoms. The maximum Gasteiger partial charge on any atom is 0.265 e. The molecule has 0 aliphatic rings. The molecule has 0 radical (unpaired) electrons. The van der Waals surface area contributed by atoms with Gasteiger partial charge in [-0.1, -0.05) is 52.8 Å². The van der Waals surface area contributed by atoms with Crippen LogP contribution < -0.4 is 14.8 Å². The second-order valence-electron chi connectivity index (χ2n) is 8.16. The van der Waals surface area contributed by atoms with E-state index in [-0.39, 0.29) is 5.91 Å². The van der Waals surface area contributed by atoms with Crippen molar-refractivity contribution >= 4 is 11.6 Å². The zero-order valence-electron chi connectivity index (χ0n) is 19.3. The Morgan fingerprint density at radius 3 is 2.33 bits per heavy atom. The van der Waals surface area contributed by atoms with E-state index >= 15 is 0 Å². The summed E-state index contributed by atoms with van der Waals surface area (Å²) in [5, 5.41) is 15.9. The lowest BCUT2D eigenvalue weighted by molar-refractivity contribution is -0.621. The zero-order chi connectivity index (χ0) is 22.3. The van der Waals surface area contributed by atoms with E-state index in [1.807, 2.05) is 25.1 Å². The quantitative estimate of drug-likeness (QED) is 0.421. The third-order valence-electron chi connectivity index (χ3n) is 5.34. The average molecular weight is 413 g/mol. The van der Waals surface area contributed by atoms with Crippen LogP contribution in [0.1, 0.15) is 80.3 Å². The summed E-state index contributed by atoms with van der Waals surface area (Å²) in [6.07, 6.45) is 3.80. The number of pyridine rings is 1. The molecule has 0 aliphatic carbocycles. The van der Waals surface area contributed by atoms with Crippen molar-refractivity contribution in [2.45, 2.75) is 73.6 Å². The number of carbonyl (C=O) groups is 1. The maximum absolute atomic E-state index is 13.5. The highest BCUT2D eigenvalue weighted by Gasteiger charge is 2.27. The Bertz CT molecular complexity index is 853. The number of aryl methyl sites for hydroxylation is 3. The number of aromatic nitrogens is 1. The molecule has 0 bridgehead atoms. The Hall–Kier alpha value is -2.56. The van der Waals surface area contributed by atoms with Gasteiger partial charge in [-0.15, -0.1) is 0 Å². The van der Waals surface area contributed by atoms with Gasteiger partial charge in [0, 0.05) is 25.1 Å². The molecule has 1 N–H and O–H groups in total. The lowest BCUT2D eigenvalue weighted by Crippen LogP contribution is -2.38. The van der Waals surface area contributed by atoms with Crippen molar-refractivity contribution in [3.63, 3.8) is 0 Å². The number of hydrogen-bond donors (Lipinski definition) is 1. The second-order valence-corrected chi connectivity index (χ2v) is 8.16. The Balaban J connectivity index is 2.52. The monoisotopic (exact) mass is 412 g/mol. The molecule has 5 nitrogen and oxygen atoms in total. The summed E-state index contributed by atoms with van der Waals surface area (Å²) in [6.45, 7) is 12.7. The van der Waals surface area contributed by atoms with Gasteiger partial charge in [0.25, 0.3) is 5.91 Å². The van der Waals surface area contributed by atoms with Gasteiger partial charge in [-0.3, -0.25) is 4.79 Å². The fraction of sp³-hybridized carbons (Fsp3) is 0.520. The fourth-order valence-electron chi connectivity index (χ4n) is 3.58. The molecule has 0 atom stereocenters. The number of hydrogen-bond acceptors (Lipinski definition) is 3. The number of anilines is 1. The standard InChI is InChI=1S/C25H36N2O3/c1-7-11-21-23(22(16-18(6)27(21)29)30-15-14-17(4)5)25(28)26-24-19(8-2)12-10-13-20(24)9-3/h10,12-13,16-17H,7-9,11,14-15H2,1-6H3,(H,26,28). The van der Waals surface area contributed by atoms with Crippen LogP contribution in [0.5, 0.6) is 5.75 Å². The molecular formula is C25H36N2O3. The third kappa shape index (κ3) is 5.53. The summed E-state index contributed by atoms with van der Waals surface area (Å²) in [6, 6.07) is 7.77. The highest BCUT2D eigenvalue weighted by Crippen LogP contribution is 2.28. The molecule has 0 aliphatic heterocycles. The average Bonchev–Trinajstić information content (AvgIpc) is 2.71. The Morgan fingerprint density at radius 1 is 1.17 bits per heavy atom. The molecule has 164 valence electrons. The predicted molar refractivity (Wildman–Crippen MR) is 122 cm³/mol. The van der Waals surface area contributed by atoms with Crippen LogP contribution >= 0.6 is 0 Å². The lowest BCUT2D eigenvalue weighted by atomic mass is 10.0. The molecular weight excluding hydrogens is 376 g/mol. The first-order chi connectivity index (χ1) is 14.3. The predicted octanol–water partition coefficient (Wildman–Crippen LogP) is 5.38.